The molecule has 84 valence electrons. The first-order valence-corrected chi connectivity index (χ1v) is 5.81. The van der Waals surface area contributed by atoms with Crippen molar-refractivity contribution < 1.29 is 0 Å². The van der Waals surface area contributed by atoms with Gasteiger partial charge in [0.2, 0.25) is 5.95 Å². The predicted molar refractivity (Wildman–Crippen MR) is 61.4 cm³/mol. The highest BCUT2D eigenvalue weighted by Gasteiger charge is 2.24. The molecule has 0 unspecified atom stereocenters. The zero-order valence-electron chi connectivity index (χ0n) is 9.35. The smallest absolute Gasteiger partial charge is 0.225 e. The number of aromatic nitrogens is 4. The van der Waals surface area contributed by atoms with Crippen LogP contribution in [0, 0.1) is 0 Å². The van der Waals surface area contributed by atoms with Gasteiger partial charge in [0.15, 0.2) is 5.82 Å². The van der Waals surface area contributed by atoms with Gasteiger partial charge in [-0.1, -0.05) is 6.92 Å². The van der Waals surface area contributed by atoms with Crippen LogP contribution >= 0.6 is 0 Å². The molecule has 2 aliphatic heterocycles. The Labute approximate surface area is 94.3 Å². The summed E-state index contributed by atoms with van der Waals surface area (Å²) in [4.78, 5) is 13.1. The Morgan fingerprint density at radius 1 is 1.44 bits per heavy atom. The molecular weight excluding hydrogens is 202 g/mol. The second-order valence-corrected chi connectivity index (χ2v) is 4.26. The SMILES string of the molecule is CCCn1cncc2nc(NC3CC3)nc1-2. The standard InChI is InChI=1S/C11H15N5/c1-2-5-16-7-12-6-9-10(16)15-11(14-9)13-8-3-4-8/h6-8H,2-5H2,1H3,(H,13,14). The van der Waals surface area contributed by atoms with Crippen LogP contribution in [0.2, 0.25) is 0 Å². The Bertz CT molecular complexity index is 460. The van der Waals surface area contributed by atoms with Crippen LogP contribution in [0.15, 0.2) is 12.5 Å². The van der Waals surface area contributed by atoms with Crippen LogP contribution in [0.25, 0.3) is 11.5 Å². The van der Waals surface area contributed by atoms with Crippen LogP contribution in [-0.4, -0.2) is 25.6 Å². The van der Waals surface area contributed by atoms with Crippen molar-refractivity contribution in [3.8, 4) is 11.5 Å². The van der Waals surface area contributed by atoms with E-state index in [-0.39, 0.29) is 0 Å². The van der Waals surface area contributed by atoms with Gasteiger partial charge in [-0.2, -0.15) is 4.98 Å². The summed E-state index contributed by atoms with van der Waals surface area (Å²) in [5.41, 5.74) is 0.874. The van der Waals surface area contributed by atoms with Gasteiger partial charge in [0.1, 0.15) is 5.69 Å². The Morgan fingerprint density at radius 3 is 3.06 bits per heavy atom. The Hall–Kier alpha value is -1.65. The summed E-state index contributed by atoms with van der Waals surface area (Å²) in [6, 6.07) is 0.587. The van der Waals surface area contributed by atoms with Crippen molar-refractivity contribution in [1.29, 1.82) is 0 Å². The molecule has 0 atom stereocenters. The third-order valence-corrected chi connectivity index (χ3v) is 2.72. The van der Waals surface area contributed by atoms with Crippen molar-refractivity contribution in [2.24, 2.45) is 0 Å². The molecule has 1 fully saturated rings. The molecule has 2 heterocycles. The number of fused-ring (bicyclic) bond motifs is 1. The second kappa shape index (κ2) is 3.73. The lowest BCUT2D eigenvalue weighted by Gasteiger charge is -2.06. The van der Waals surface area contributed by atoms with Gasteiger partial charge in [0.25, 0.3) is 0 Å². The molecule has 1 aliphatic carbocycles. The van der Waals surface area contributed by atoms with Crippen molar-refractivity contribution >= 4 is 5.95 Å². The van der Waals surface area contributed by atoms with E-state index in [4.69, 9.17) is 0 Å². The fraction of sp³-hybridized carbons (Fsp3) is 0.545. The van der Waals surface area contributed by atoms with Crippen LogP contribution in [0.4, 0.5) is 5.95 Å². The minimum absolute atomic E-state index is 0.587. The number of anilines is 1. The molecule has 0 saturated heterocycles. The van der Waals surface area contributed by atoms with E-state index in [1.165, 1.54) is 12.8 Å². The van der Waals surface area contributed by atoms with Crippen LogP contribution in [-0.2, 0) is 6.54 Å². The molecular formula is C11H15N5. The number of imidazole rings is 1. The first-order valence-electron chi connectivity index (χ1n) is 5.81. The zero-order valence-corrected chi connectivity index (χ0v) is 9.35. The van der Waals surface area contributed by atoms with Gasteiger partial charge in [-0.15, -0.1) is 0 Å². The molecule has 0 radical (unpaired) electrons. The summed E-state index contributed by atoms with van der Waals surface area (Å²) < 4.78 is 2.06. The lowest BCUT2D eigenvalue weighted by atomic mass is 10.4. The first kappa shape index (κ1) is 9.57. The van der Waals surface area contributed by atoms with E-state index in [9.17, 15) is 0 Å². The highest BCUT2D eigenvalue weighted by molar-refractivity contribution is 5.55. The van der Waals surface area contributed by atoms with E-state index in [0.717, 1.165) is 30.4 Å². The molecule has 0 bridgehead atoms. The molecule has 0 aromatic heterocycles. The lowest BCUT2D eigenvalue weighted by molar-refractivity contribution is 0.659. The fourth-order valence-corrected chi connectivity index (χ4v) is 1.76. The number of nitrogens with zero attached hydrogens (tertiary/aromatic N) is 4. The number of nitrogens with one attached hydrogen (secondary N) is 1. The molecule has 5 nitrogen and oxygen atoms in total. The van der Waals surface area contributed by atoms with Crippen molar-refractivity contribution in [2.45, 2.75) is 38.8 Å². The maximum Gasteiger partial charge on any atom is 0.225 e. The van der Waals surface area contributed by atoms with Crippen LogP contribution in [0.3, 0.4) is 0 Å². The molecule has 3 rings (SSSR count). The molecule has 1 saturated carbocycles. The Balaban J connectivity index is 1.94. The summed E-state index contributed by atoms with van der Waals surface area (Å²) in [6.07, 6.45) is 7.13. The molecule has 0 spiro atoms. The van der Waals surface area contributed by atoms with Crippen LogP contribution < -0.4 is 5.32 Å². The van der Waals surface area contributed by atoms with E-state index < -0.39 is 0 Å². The maximum atomic E-state index is 4.51. The van der Waals surface area contributed by atoms with Crippen molar-refractivity contribution in [1.82, 2.24) is 19.5 Å². The largest absolute Gasteiger partial charge is 0.351 e. The van der Waals surface area contributed by atoms with Gasteiger partial charge in [0.05, 0.1) is 12.5 Å². The molecule has 5 heteroatoms. The lowest BCUT2D eigenvalue weighted by Crippen LogP contribution is -2.04. The number of rotatable bonds is 4. The number of aryl methyl sites for hydroxylation is 1. The molecule has 16 heavy (non-hydrogen) atoms. The molecule has 0 amide bonds. The van der Waals surface area contributed by atoms with Gasteiger partial charge in [-0.3, -0.25) is 0 Å². The summed E-state index contributed by atoms with van der Waals surface area (Å²) in [5, 5.41) is 3.31. The topological polar surface area (TPSA) is 55.6 Å². The van der Waals surface area contributed by atoms with Gasteiger partial charge >= 0.3 is 0 Å². The summed E-state index contributed by atoms with van der Waals surface area (Å²) >= 11 is 0. The maximum absolute atomic E-state index is 4.51. The highest BCUT2D eigenvalue weighted by Crippen LogP contribution is 2.26. The average molecular weight is 217 g/mol. The third-order valence-electron chi connectivity index (χ3n) is 2.72. The molecule has 0 aromatic carbocycles. The molecule has 0 aromatic rings. The van der Waals surface area contributed by atoms with Crippen molar-refractivity contribution in [3.63, 3.8) is 0 Å². The summed E-state index contributed by atoms with van der Waals surface area (Å²) in [7, 11) is 0. The van der Waals surface area contributed by atoms with E-state index in [1.54, 1.807) is 6.20 Å². The fourth-order valence-electron chi connectivity index (χ4n) is 1.76. The summed E-state index contributed by atoms with van der Waals surface area (Å²) in [5.74, 6) is 1.68. The van der Waals surface area contributed by atoms with Crippen molar-refractivity contribution in [2.75, 3.05) is 5.32 Å². The number of hydrogen-bond donors (Lipinski definition) is 1. The van der Waals surface area contributed by atoms with E-state index in [0.29, 0.717) is 6.04 Å². The van der Waals surface area contributed by atoms with Gasteiger partial charge < -0.3 is 9.88 Å². The molecule has 3 aliphatic rings. The summed E-state index contributed by atoms with van der Waals surface area (Å²) in [6.45, 7) is 3.08. The van der Waals surface area contributed by atoms with E-state index in [2.05, 4.69) is 31.8 Å². The van der Waals surface area contributed by atoms with Crippen molar-refractivity contribution in [3.05, 3.63) is 12.5 Å². The van der Waals surface area contributed by atoms with Crippen LogP contribution in [0.1, 0.15) is 26.2 Å². The Morgan fingerprint density at radius 2 is 2.31 bits per heavy atom. The second-order valence-electron chi connectivity index (χ2n) is 4.26. The normalized spacial score (nSPS) is 15.6. The van der Waals surface area contributed by atoms with E-state index >= 15 is 0 Å². The minimum Gasteiger partial charge on any atom is -0.351 e. The highest BCUT2D eigenvalue weighted by atomic mass is 15.2. The van der Waals surface area contributed by atoms with Crippen LogP contribution in [0.5, 0.6) is 0 Å². The first-order chi connectivity index (χ1) is 7.86. The minimum atomic E-state index is 0.587. The van der Waals surface area contributed by atoms with Gasteiger partial charge in [0, 0.05) is 12.6 Å². The predicted octanol–water partition coefficient (Wildman–Crippen LogP) is 1.76. The molecule has 1 N–H and O–H groups in total. The monoisotopic (exact) mass is 217 g/mol. The third kappa shape index (κ3) is 1.73. The van der Waals surface area contributed by atoms with E-state index in [1.807, 2.05) is 6.33 Å². The van der Waals surface area contributed by atoms with Gasteiger partial charge in [-0.25, -0.2) is 9.97 Å². The zero-order chi connectivity index (χ0) is 11.0. The Kier molecular flexibility index (Phi) is 2.23. The average Bonchev–Trinajstić information content (AvgIpc) is 2.96. The quantitative estimate of drug-likeness (QED) is 0.847. The number of hydrogen-bond acceptors (Lipinski definition) is 4. The van der Waals surface area contributed by atoms with Gasteiger partial charge in [-0.05, 0) is 19.3 Å².